The fourth-order valence-electron chi connectivity index (χ4n) is 2.17. The highest BCUT2D eigenvalue weighted by Crippen LogP contribution is 2.36. The highest BCUT2D eigenvalue weighted by atomic mass is 16.5. The zero-order chi connectivity index (χ0) is 12.3. The largest absolute Gasteiger partial charge is 0.469 e. The van der Waals surface area contributed by atoms with Crippen LogP contribution in [0.1, 0.15) is 36.4 Å². The number of carbonyl (C=O) groups excluding carboxylic acids is 1. The van der Waals surface area contributed by atoms with E-state index < -0.39 is 0 Å². The van der Waals surface area contributed by atoms with Gasteiger partial charge in [-0.2, -0.15) is 0 Å². The fourth-order valence-corrected chi connectivity index (χ4v) is 2.17. The average Bonchev–Trinajstić information content (AvgIpc) is 2.27. The van der Waals surface area contributed by atoms with Gasteiger partial charge in [0.1, 0.15) is 0 Å². The van der Waals surface area contributed by atoms with Gasteiger partial charge in [0.2, 0.25) is 0 Å². The SMILES string of the molecule is COC(=O)Cc1ccc(C(N)C2CCC2)cc1. The molecular weight excluding hydrogens is 214 g/mol. The maximum absolute atomic E-state index is 11.1. The Balaban J connectivity index is 1.99. The second-order valence-electron chi connectivity index (χ2n) is 4.71. The molecule has 2 N–H and O–H groups in total. The normalized spacial score (nSPS) is 17.3. The van der Waals surface area contributed by atoms with Crippen molar-refractivity contribution in [3.8, 4) is 0 Å². The van der Waals surface area contributed by atoms with Gasteiger partial charge in [-0.25, -0.2) is 0 Å². The summed E-state index contributed by atoms with van der Waals surface area (Å²) in [5, 5.41) is 0. The van der Waals surface area contributed by atoms with Crippen LogP contribution in [0.4, 0.5) is 0 Å². The number of esters is 1. The quantitative estimate of drug-likeness (QED) is 0.811. The number of ether oxygens (including phenoxy) is 1. The van der Waals surface area contributed by atoms with E-state index in [1.54, 1.807) is 0 Å². The minimum atomic E-state index is -0.207. The molecular formula is C14H19NO2. The highest BCUT2D eigenvalue weighted by Gasteiger charge is 2.25. The van der Waals surface area contributed by atoms with E-state index in [1.807, 2.05) is 24.3 Å². The Morgan fingerprint density at radius 3 is 2.53 bits per heavy atom. The van der Waals surface area contributed by atoms with Gasteiger partial charge in [0.15, 0.2) is 0 Å². The lowest BCUT2D eigenvalue weighted by atomic mass is 9.77. The van der Waals surface area contributed by atoms with Crippen molar-refractivity contribution in [1.29, 1.82) is 0 Å². The number of hydrogen-bond acceptors (Lipinski definition) is 3. The van der Waals surface area contributed by atoms with E-state index in [-0.39, 0.29) is 12.0 Å². The lowest BCUT2D eigenvalue weighted by Crippen LogP contribution is -2.26. The summed E-state index contributed by atoms with van der Waals surface area (Å²) in [4.78, 5) is 11.1. The van der Waals surface area contributed by atoms with E-state index in [0.29, 0.717) is 12.3 Å². The monoisotopic (exact) mass is 233 g/mol. The van der Waals surface area contributed by atoms with Crippen molar-refractivity contribution < 1.29 is 9.53 Å². The van der Waals surface area contributed by atoms with Gasteiger partial charge in [-0.15, -0.1) is 0 Å². The highest BCUT2D eigenvalue weighted by molar-refractivity contribution is 5.72. The summed E-state index contributed by atoms with van der Waals surface area (Å²) < 4.78 is 4.63. The van der Waals surface area contributed by atoms with Gasteiger partial charge in [-0.05, 0) is 29.9 Å². The molecule has 0 saturated heterocycles. The summed E-state index contributed by atoms with van der Waals surface area (Å²) in [6.07, 6.45) is 4.12. The Morgan fingerprint density at radius 1 is 1.41 bits per heavy atom. The van der Waals surface area contributed by atoms with Gasteiger partial charge in [-0.3, -0.25) is 4.79 Å². The first-order chi connectivity index (χ1) is 8.20. The van der Waals surface area contributed by atoms with Gasteiger partial charge in [0.05, 0.1) is 13.5 Å². The van der Waals surface area contributed by atoms with Crippen molar-refractivity contribution in [2.45, 2.75) is 31.7 Å². The Labute approximate surface area is 102 Å². The topological polar surface area (TPSA) is 52.3 Å². The van der Waals surface area contributed by atoms with Crippen molar-refractivity contribution in [2.75, 3.05) is 7.11 Å². The third kappa shape index (κ3) is 2.86. The van der Waals surface area contributed by atoms with Crippen LogP contribution >= 0.6 is 0 Å². The molecule has 0 bridgehead atoms. The van der Waals surface area contributed by atoms with Crippen LogP contribution in [-0.4, -0.2) is 13.1 Å². The van der Waals surface area contributed by atoms with E-state index in [2.05, 4.69) is 4.74 Å². The van der Waals surface area contributed by atoms with Crippen LogP contribution in [0, 0.1) is 5.92 Å². The van der Waals surface area contributed by atoms with Crippen molar-refractivity contribution in [3.63, 3.8) is 0 Å². The molecule has 3 heteroatoms. The number of carbonyl (C=O) groups is 1. The molecule has 1 fully saturated rings. The van der Waals surface area contributed by atoms with E-state index >= 15 is 0 Å². The van der Waals surface area contributed by atoms with Gasteiger partial charge < -0.3 is 10.5 Å². The molecule has 1 atom stereocenters. The lowest BCUT2D eigenvalue weighted by Gasteiger charge is -2.31. The molecule has 1 aliphatic rings. The van der Waals surface area contributed by atoms with Crippen LogP contribution in [0.25, 0.3) is 0 Å². The first kappa shape index (κ1) is 12.1. The van der Waals surface area contributed by atoms with Gasteiger partial charge in [-0.1, -0.05) is 30.7 Å². The third-order valence-corrected chi connectivity index (χ3v) is 3.60. The summed E-state index contributed by atoms with van der Waals surface area (Å²) in [7, 11) is 1.41. The number of nitrogens with two attached hydrogens (primary N) is 1. The van der Waals surface area contributed by atoms with Gasteiger partial charge in [0, 0.05) is 6.04 Å². The first-order valence-corrected chi connectivity index (χ1v) is 6.12. The molecule has 3 nitrogen and oxygen atoms in total. The predicted octanol–water partition coefficient (Wildman–Crippen LogP) is 2.20. The maximum atomic E-state index is 11.1. The third-order valence-electron chi connectivity index (χ3n) is 3.60. The number of methoxy groups -OCH3 is 1. The zero-order valence-corrected chi connectivity index (χ0v) is 10.2. The standard InChI is InChI=1S/C14H19NO2/c1-17-13(16)9-10-5-7-12(8-6-10)14(15)11-3-2-4-11/h5-8,11,14H,2-4,9,15H2,1H3. The molecule has 0 amide bonds. The van der Waals surface area contributed by atoms with E-state index in [4.69, 9.17) is 5.73 Å². The molecule has 2 rings (SSSR count). The number of benzene rings is 1. The van der Waals surface area contributed by atoms with Crippen LogP contribution in [0.5, 0.6) is 0 Å². The van der Waals surface area contributed by atoms with Gasteiger partial charge >= 0.3 is 5.97 Å². The molecule has 1 aromatic rings. The minimum Gasteiger partial charge on any atom is -0.469 e. The molecule has 0 aliphatic heterocycles. The second kappa shape index (κ2) is 5.32. The number of hydrogen-bond donors (Lipinski definition) is 1. The summed E-state index contributed by atoms with van der Waals surface area (Å²) in [6.45, 7) is 0. The number of rotatable bonds is 4. The maximum Gasteiger partial charge on any atom is 0.309 e. The molecule has 1 unspecified atom stereocenters. The smallest absolute Gasteiger partial charge is 0.309 e. The molecule has 1 aromatic carbocycles. The Kier molecular flexibility index (Phi) is 3.79. The molecule has 1 aliphatic carbocycles. The molecule has 92 valence electrons. The first-order valence-electron chi connectivity index (χ1n) is 6.12. The van der Waals surface area contributed by atoms with Crippen molar-refractivity contribution in [2.24, 2.45) is 11.7 Å². The summed E-state index contributed by atoms with van der Waals surface area (Å²) >= 11 is 0. The average molecular weight is 233 g/mol. The van der Waals surface area contributed by atoms with Crippen molar-refractivity contribution in [1.82, 2.24) is 0 Å². The Bertz CT molecular complexity index is 382. The zero-order valence-electron chi connectivity index (χ0n) is 10.2. The molecule has 0 aromatic heterocycles. The van der Waals surface area contributed by atoms with Crippen LogP contribution in [0.15, 0.2) is 24.3 Å². The predicted molar refractivity (Wildman–Crippen MR) is 66.4 cm³/mol. The lowest BCUT2D eigenvalue weighted by molar-refractivity contribution is -0.139. The molecule has 1 saturated carbocycles. The fraction of sp³-hybridized carbons (Fsp3) is 0.500. The van der Waals surface area contributed by atoms with Crippen molar-refractivity contribution in [3.05, 3.63) is 35.4 Å². The second-order valence-corrected chi connectivity index (χ2v) is 4.71. The van der Waals surface area contributed by atoms with Crippen molar-refractivity contribution >= 4 is 5.97 Å². The van der Waals surface area contributed by atoms with Gasteiger partial charge in [0.25, 0.3) is 0 Å². The minimum absolute atomic E-state index is 0.149. The van der Waals surface area contributed by atoms with E-state index in [1.165, 1.54) is 31.9 Å². The summed E-state index contributed by atoms with van der Waals surface area (Å²) in [5.74, 6) is 0.433. The molecule has 0 radical (unpaired) electrons. The summed E-state index contributed by atoms with van der Waals surface area (Å²) in [5.41, 5.74) is 8.33. The van der Waals surface area contributed by atoms with E-state index in [0.717, 1.165) is 5.56 Å². The Hall–Kier alpha value is -1.35. The summed E-state index contributed by atoms with van der Waals surface area (Å²) in [6, 6.07) is 8.13. The van der Waals surface area contributed by atoms with Crippen LogP contribution in [0.3, 0.4) is 0 Å². The molecule has 17 heavy (non-hydrogen) atoms. The Morgan fingerprint density at radius 2 is 2.06 bits per heavy atom. The van der Waals surface area contributed by atoms with E-state index in [9.17, 15) is 4.79 Å². The molecule has 0 spiro atoms. The van der Waals surface area contributed by atoms with Crippen LogP contribution < -0.4 is 5.73 Å². The molecule has 0 heterocycles. The van der Waals surface area contributed by atoms with Crippen LogP contribution in [-0.2, 0) is 16.0 Å². The van der Waals surface area contributed by atoms with Crippen LogP contribution in [0.2, 0.25) is 0 Å².